The molecule has 3 aromatic rings. The van der Waals surface area contributed by atoms with Crippen LogP contribution < -0.4 is 0 Å². The van der Waals surface area contributed by atoms with Crippen molar-refractivity contribution in [2.75, 3.05) is 0 Å². The molecule has 0 fully saturated rings. The van der Waals surface area contributed by atoms with Crippen LogP contribution in [0.25, 0.3) is 12.2 Å². The number of aliphatic imine (C=N–C) groups is 1. The van der Waals surface area contributed by atoms with Gasteiger partial charge in [-0.1, -0.05) is 53.7 Å². The highest BCUT2D eigenvalue weighted by atomic mass is 16.5. The van der Waals surface area contributed by atoms with Gasteiger partial charge in [0.2, 0.25) is 0 Å². The third kappa shape index (κ3) is 3.55. The number of aromatic hydroxyl groups is 1. The standard InChI is InChI=1S/C19H16N2O2/c1-14-19(20-13-16-9-5-6-10-17(16)22)18(23-21-14)12-11-15-7-3-2-4-8-15/h2-13,22H,1H3/b12-11+,20-13?. The SMILES string of the molecule is Cc1noc(/C=C/c2ccccc2)c1N=Cc1ccccc1O. The van der Waals surface area contributed by atoms with Crippen LogP contribution >= 0.6 is 0 Å². The van der Waals surface area contributed by atoms with Gasteiger partial charge in [-0.3, -0.25) is 4.99 Å². The fourth-order valence-electron chi connectivity index (χ4n) is 2.12. The third-order valence-electron chi connectivity index (χ3n) is 3.35. The monoisotopic (exact) mass is 304 g/mol. The molecule has 0 atom stereocenters. The van der Waals surface area contributed by atoms with Gasteiger partial charge in [0, 0.05) is 11.8 Å². The molecular formula is C19H16N2O2. The van der Waals surface area contributed by atoms with Crippen molar-refractivity contribution in [1.82, 2.24) is 5.16 Å². The number of rotatable bonds is 4. The number of aryl methyl sites for hydroxylation is 1. The van der Waals surface area contributed by atoms with E-state index >= 15 is 0 Å². The Morgan fingerprint density at radius 3 is 2.52 bits per heavy atom. The number of phenolic OH excluding ortho intramolecular Hbond substituents is 1. The minimum Gasteiger partial charge on any atom is -0.507 e. The molecule has 2 aromatic carbocycles. The average Bonchev–Trinajstić information content (AvgIpc) is 2.93. The Balaban J connectivity index is 1.87. The first-order chi connectivity index (χ1) is 11.2. The fraction of sp³-hybridized carbons (Fsp3) is 0.0526. The molecule has 0 saturated carbocycles. The number of benzene rings is 2. The largest absolute Gasteiger partial charge is 0.507 e. The highest BCUT2D eigenvalue weighted by Crippen LogP contribution is 2.26. The lowest BCUT2D eigenvalue weighted by Crippen LogP contribution is -1.81. The van der Waals surface area contributed by atoms with Crippen molar-refractivity contribution in [3.05, 3.63) is 77.2 Å². The Morgan fingerprint density at radius 1 is 1.00 bits per heavy atom. The Morgan fingerprint density at radius 2 is 1.74 bits per heavy atom. The summed E-state index contributed by atoms with van der Waals surface area (Å²) in [6.07, 6.45) is 5.39. The molecule has 0 aliphatic heterocycles. The molecular weight excluding hydrogens is 288 g/mol. The topological polar surface area (TPSA) is 58.6 Å². The van der Waals surface area contributed by atoms with Gasteiger partial charge in [0.15, 0.2) is 5.76 Å². The van der Waals surface area contributed by atoms with Crippen molar-refractivity contribution in [3.63, 3.8) is 0 Å². The summed E-state index contributed by atoms with van der Waals surface area (Å²) in [6.45, 7) is 1.83. The molecule has 0 spiro atoms. The zero-order valence-electron chi connectivity index (χ0n) is 12.7. The van der Waals surface area contributed by atoms with E-state index in [0.717, 1.165) is 5.56 Å². The van der Waals surface area contributed by atoms with Gasteiger partial charge in [-0.05, 0) is 30.7 Å². The minimum atomic E-state index is 0.187. The van der Waals surface area contributed by atoms with Gasteiger partial charge in [-0.15, -0.1) is 0 Å². The third-order valence-corrected chi connectivity index (χ3v) is 3.35. The van der Waals surface area contributed by atoms with Crippen molar-refractivity contribution in [2.45, 2.75) is 6.92 Å². The predicted octanol–water partition coefficient (Wildman–Crippen LogP) is 4.61. The number of para-hydroxylation sites is 1. The molecule has 4 nitrogen and oxygen atoms in total. The Bertz CT molecular complexity index is 849. The van der Waals surface area contributed by atoms with E-state index in [4.69, 9.17) is 4.52 Å². The Labute approximate surface area is 134 Å². The summed E-state index contributed by atoms with van der Waals surface area (Å²) in [6, 6.07) is 17.0. The summed E-state index contributed by atoms with van der Waals surface area (Å²) < 4.78 is 5.32. The highest BCUT2D eigenvalue weighted by molar-refractivity contribution is 5.86. The number of hydrogen-bond donors (Lipinski definition) is 1. The van der Waals surface area contributed by atoms with E-state index in [2.05, 4.69) is 10.1 Å². The zero-order chi connectivity index (χ0) is 16.1. The second-order valence-corrected chi connectivity index (χ2v) is 5.04. The van der Waals surface area contributed by atoms with Crippen molar-refractivity contribution in [3.8, 4) is 5.75 Å². The van der Waals surface area contributed by atoms with Gasteiger partial charge in [0.25, 0.3) is 0 Å². The van der Waals surface area contributed by atoms with E-state index in [1.165, 1.54) is 0 Å². The molecule has 0 saturated heterocycles. The first-order valence-electron chi connectivity index (χ1n) is 7.25. The van der Waals surface area contributed by atoms with Gasteiger partial charge >= 0.3 is 0 Å². The van der Waals surface area contributed by atoms with Crippen LogP contribution in [-0.2, 0) is 0 Å². The van der Waals surface area contributed by atoms with E-state index in [-0.39, 0.29) is 5.75 Å². The predicted molar refractivity (Wildman–Crippen MR) is 92.0 cm³/mol. The molecule has 23 heavy (non-hydrogen) atoms. The van der Waals surface area contributed by atoms with Crippen molar-refractivity contribution >= 4 is 24.1 Å². The van der Waals surface area contributed by atoms with Gasteiger partial charge in [-0.2, -0.15) is 0 Å². The van der Waals surface area contributed by atoms with Gasteiger partial charge in [-0.25, -0.2) is 0 Å². The molecule has 0 unspecified atom stereocenters. The minimum absolute atomic E-state index is 0.187. The van der Waals surface area contributed by atoms with Crippen molar-refractivity contribution < 1.29 is 9.63 Å². The summed E-state index contributed by atoms with van der Waals surface area (Å²) in [5.74, 6) is 0.768. The van der Waals surface area contributed by atoms with Crippen LogP contribution in [0.2, 0.25) is 0 Å². The smallest absolute Gasteiger partial charge is 0.185 e. The van der Waals surface area contributed by atoms with Crippen LogP contribution in [0.1, 0.15) is 22.6 Å². The summed E-state index contributed by atoms with van der Waals surface area (Å²) in [5, 5.41) is 13.7. The summed E-state index contributed by atoms with van der Waals surface area (Å²) >= 11 is 0. The normalized spacial score (nSPS) is 11.5. The van der Waals surface area contributed by atoms with Crippen LogP contribution in [0, 0.1) is 6.92 Å². The number of hydrogen-bond acceptors (Lipinski definition) is 4. The maximum atomic E-state index is 9.79. The number of nitrogens with zero attached hydrogens (tertiary/aromatic N) is 2. The van der Waals surface area contributed by atoms with Crippen LogP contribution in [-0.4, -0.2) is 16.5 Å². The zero-order valence-corrected chi connectivity index (χ0v) is 12.7. The lowest BCUT2D eigenvalue weighted by Gasteiger charge is -1.97. The molecule has 3 rings (SSSR count). The first kappa shape index (κ1) is 14.8. The van der Waals surface area contributed by atoms with Crippen molar-refractivity contribution in [1.29, 1.82) is 0 Å². The fourth-order valence-corrected chi connectivity index (χ4v) is 2.12. The lowest BCUT2D eigenvalue weighted by atomic mass is 10.2. The summed E-state index contributed by atoms with van der Waals surface area (Å²) in [5.41, 5.74) is 3.06. The maximum absolute atomic E-state index is 9.79. The highest BCUT2D eigenvalue weighted by Gasteiger charge is 2.09. The molecule has 114 valence electrons. The van der Waals surface area contributed by atoms with Crippen LogP contribution in [0.4, 0.5) is 5.69 Å². The van der Waals surface area contributed by atoms with Crippen molar-refractivity contribution in [2.24, 2.45) is 4.99 Å². The summed E-state index contributed by atoms with van der Waals surface area (Å²) in [4.78, 5) is 4.42. The van der Waals surface area contributed by atoms with E-state index in [1.54, 1.807) is 24.4 Å². The molecule has 0 radical (unpaired) electrons. The number of phenols is 1. The first-order valence-corrected chi connectivity index (χ1v) is 7.25. The Hall–Kier alpha value is -3.14. The van der Waals surface area contributed by atoms with E-state index < -0.39 is 0 Å². The molecule has 0 amide bonds. The molecule has 4 heteroatoms. The van der Waals surface area contributed by atoms with E-state index in [1.807, 2.05) is 55.5 Å². The Kier molecular flexibility index (Phi) is 4.34. The van der Waals surface area contributed by atoms with Gasteiger partial charge in [0.05, 0.1) is 0 Å². The maximum Gasteiger partial charge on any atom is 0.185 e. The van der Waals surface area contributed by atoms with Crippen LogP contribution in [0.3, 0.4) is 0 Å². The van der Waals surface area contributed by atoms with Gasteiger partial charge in [0.1, 0.15) is 17.1 Å². The quantitative estimate of drug-likeness (QED) is 0.716. The molecule has 0 aliphatic rings. The molecule has 0 aliphatic carbocycles. The van der Waals surface area contributed by atoms with Gasteiger partial charge < -0.3 is 9.63 Å². The summed E-state index contributed by atoms with van der Waals surface area (Å²) in [7, 11) is 0. The second-order valence-electron chi connectivity index (χ2n) is 5.04. The van der Waals surface area contributed by atoms with Crippen LogP contribution in [0.15, 0.2) is 64.1 Å². The number of aromatic nitrogens is 1. The average molecular weight is 304 g/mol. The van der Waals surface area contributed by atoms with E-state index in [0.29, 0.717) is 22.7 Å². The molecule has 0 bridgehead atoms. The molecule has 1 heterocycles. The molecule has 1 N–H and O–H groups in total. The van der Waals surface area contributed by atoms with E-state index in [9.17, 15) is 5.11 Å². The van der Waals surface area contributed by atoms with Crippen LogP contribution in [0.5, 0.6) is 5.75 Å². The molecule has 1 aromatic heterocycles. The lowest BCUT2D eigenvalue weighted by molar-refractivity contribution is 0.408. The second kappa shape index (κ2) is 6.75.